The number of sulfonamides is 1. The van der Waals surface area contributed by atoms with Crippen LogP contribution >= 0.6 is 11.3 Å². The second-order valence-corrected chi connectivity index (χ2v) is 8.80. The molecule has 0 radical (unpaired) electrons. The number of rotatable bonds is 6. The number of nitro groups is 1. The van der Waals surface area contributed by atoms with E-state index in [1.165, 1.54) is 16.4 Å². The summed E-state index contributed by atoms with van der Waals surface area (Å²) in [7, 11) is -3.69. The van der Waals surface area contributed by atoms with E-state index < -0.39 is 14.9 Å². The van der Waals surface area contributed by atoms with Crippen molar-refractivity contribution >= 4 is 32.7 Å². The van der Waals surface area contributed by atoms with Gasteiger partial charge < -0.3 is 5.32 Å². The highest BCUT2D eigenvalue weighted by molar-refractivity contribution is 7.89. The monoisotopic (exact) mass is 381 g/mol. The number of hydrogen-bond acceptors (Lipinski definition) is 6. The average molecular weight is 381 g/mol. The minimum atomic E-state index is -3.69. The Kier molecular flexibility index (Phi) is 5.36. The summed E-state index contributed by atoms with van der Waals surface area (Å²) in [4.78, 5) is 11.9. The van der Waals surface area contributed by atoms with Crippen LogP contribution in [0, 0.1) is 10.1 Å². The summed E-state index contributed by atoms with van der Waals surface area (Å²) < 4.78 is 26.8. The fraction of sp³-hybridized carbons (Fsp3) is 0.375. The molecule has 3 rings (SSSR count). The molecule has 0 aliphatic carbocycles. The van der Waals surface area contributed by atoms with Crippen molar-refractivity contribution in [1.82, 2.24) is 4.31 Å². The first kappa shape index (κ1) is 17.8. The van der Waals surface area contributed by atoms with Crippen molar-refractivity contribution in [2.45, 2.75) is 30.7 Å². The van der Waals surface area contributed by atoms with Crippen LogP contribution in [0.4, 0.5) is 11.4 Å². The van der Waals surface area contributed by atoms with Gasteiger partial charge >= 0.3 is 0 Å². The van der Waals surface area contributed by atoms with Crippen molar-refractivity contribution in [2.24, 2.45) is 0 Å². The second kappa shape index (κ2) is 7.51. The first-order valence-corrected chi connectivity index (χ1v) is 10.4. The van der Waals surface area contributed by atoms with Gasteiger partial charge in [-0.25, -0.2) is 8.42 Å². The fourth-order valence-electron chi connectivity index (χ4n) is 2.82. The Labute approximate surface area is 150 Å². The second-order valence-electron chi connectivity index (χ2n) is 5.83. The Morgan fingerprint density at radius 3 is 2.60 bits per heavy atom. The number of thiophene rings is 1. The van der Waals surface area contributed by atoms with Gasteiger partial charge in [-0.1, -0.05) is 12.5 Å². The summed E-state index contributed by atoms with van der Waals surface area (Å²) in [5.74, 6) is 0. The highest BCUT2D eigenvalue weighted by atomic mass is 32.2. The Hall–Kier alpha value is -1.97. The fourth-order valence-corrected chi connectivity index (χ4v) is 5.00. The normalized spacial score (nSPS) is 15.8. The topological polar surface area (TPSA) is 92.5 Å². The van der Waals surface area contributed by atoms with E-state index in [9.17, 15) is 18.5 Å². The SMILES string of the molecule is O=[N+]([O-])c1cc(S(=O)(=O)N2CCCCC2)ccc1NCc1cccs1. The number of piperidine rings is 1. The summed E-state index contributed by atoms with van der Waals surface area (Å²) in [5, 5.41) is 16.3. The predicted octanol–water partition coefficient (Wildman–Crippen LogP) is 3.44. The van der Waals surface area contributed by atoms with E-state index in [0.29, 0.717) is 25.3 Å². The maximum absolute atomic E-state index is 12.7. The first-order valence-electron chi connectivity index (χ1n) is 8.03. The maximum atomic E-state index is 12.7. The third kappa shape index (κ3) is 4.00. The molecule has 0 unspecified atom stereocenters. The lowest BCUT2D eigenvalue weighted by atomic mass is 10.2. The quantitative estimate of drug-likeness (QED) is 0.611. The largest absolute Gasteiger partial charge is 0.375 e. The molecule has 9 heteroatoms. The molecule has 1 aliphatic rings. The van der Waals surface area contributed by atoms with Gasteiger partial charge in [0.15, 0.2) is 0 Å². The molecular formula is C16H19N3O4S2. The molecule has 0 atom stereocenters. The molecule has 1 N–H and O–H groups in total. The Balaban J connectivity index is 1.86. The smallest absolute Gasteiger partial charge is 0.293 e. The standard InChI is InChI=1S/C16H19N3O4S2/c20-19(21)16-11-14(25(22,23)18-8-2-1-3-9-18)6-7-15(16)17-12-13-5-4-10-24-13/h4-7,10-11,17H,1-3,8-9,12H2. The Bertz CT molecular complexity index is 844. The summed E-state index contributed by atoms with van der Waals surface area (Å²) in [6.45, 7) is 1.39. The lowest BCUT2D eigenvalue weighted by Gasteiger charge is -2.25. The van der Waals surface area contributed by atoms with E-state index >= 15 is 0 Å². The van der Waals surface area contributed by atoms with Gasteiger partial charge in [0.25, 0.3) is 5.69 Å². The third-order valence-corrected chi connectivity index (χ3v) is 6.92. The van der Waals surface area contributed by atoms with Crippen molar-refractivity contribution in [2.75, 3.05) is 18.4 Å². The molecule has 1 aromatic carbocycles. The summed E-state index contributed by atoms with van der Waals surface area (Å²) >= 11 is 1.55. The van der Waals surface area contributed by atoms with Crippen LogP contribution in [0.2, 0.25) is 0 Å². The van der Waals surface area contributed by atoms with Crippen LogP contribution in [-0.2, 0) is 16.6 Å². The molecule has 1 aromatic heterocycles. The molecule has 7 nitrogen and oxygen atoms in total. The van der Waals surface area contributed by atoms with Gasteiger partial charge in [0.1, 0.15) is 5.69 Å². The lowest BCUT2D eigenvalue weighted by Crippen LogP contribution is -2.35. The highest BCUT2D eigenvalue weighted by Crippen LogP contribution is 2.30. The van der Waals surface area contributed by atoms with Crippen LogP contribution in [0.5, 0.6) is 0 Å². The van der Waals surface area contributed by atoms with Crippen LogP contribution in [-0.4, -0.2) is 30.7 Å². The van der Waals surface area contributed by atoms with E-state index in [2.05, 4.69) is 5.32 Å². The molecule has 0 saturated carbocycles. The minimum absolute atomic E-state index is 0.0252. The zero-order chi connectivity index (χ0) is 17.9. The van der Waals surface area contributed by atoms with Crippen LogP contribution in [0.1, 0.15) is 24.1 Å². The molecule has 1 saturated heterocycles. The van der Waals surface area contributed by atoms with Crippen molar-refractivity contribution in [3.8, 4) is 0 Å². The summed E-state index contributed by atoms with van der Waals surface area (Å²) in [6.07, 6.45) is 2.65. The molecule has 2 heterocycles. The van der Waals surface area contributed by atoms with Crippen LogP contribution in [0.25, 0.3) is 0 Å². The van der Waals surface area contributed by atoms with Gasteiger partial charge in [-0.2, -0.15) is 4.31 Å². The van der Waals surface area contributed by atoms with Gasteiger partial charge in [-0.15, -0.1) is 11.3 Å². The van der Waals surface area contributed by atoms with E-state index in [4.69, 9.17) is 0 Å². The molecule has 1 aliphatic heterocycles. The van der Waals surface area contributed by atoms with Crippen LogP contribution in [0.3, 0.4) is 0 Å². The first-order chi connectivity index (χ1) is 12.0. The highest BCUT2D eigenvalue weighted by Gasteiger charge is 2.28. The third-order valence-electron chi connectivity index (χ3n) is 4.15. The number of anilines is 1. The van der Waals surface area contributed by atoms with Gasteiger partial charge in [-0.05, 0) is 36.4 Å². The number of nitro benzene ring substituents is 1. The summed E-state index contributed by atoms with van der Waals surface area (Å²) in [5.41, 5.74) is 0.0886. The molecule has 0 spiro atoms. The Morgan fingerprint density at radius 2 is 1.96 bits per heavy atom. The van der Waals surface area contributed by atoms with Gasteiger partial charge in [0.2, 0.25) is 10.0 Å². The molecule has 1 fully saturated rings. The van der Waals surface area contributed by atoms with Crippen LogP contribution < -0.4 is 5.32 Å². The van der Waals surface area contributed by atoms with E-state index in [-0.39, 0.29) is 10.6 Å². The van der Waals surface area contributed by atoms with E-state index in [0.717, 1.165) is 30.2 Å². The van der Waals surface area contributed by atoms with Crippen molar-refractivity contribution in [3.05, 3.63) is 50.7 Å². The number of nitrogens with one attached hydrogen (secondary N) is 1. The maximum Gasteiger partial charge on any atom is 0.293 e. The number of hydrogen-bond donors (Lipinski definition) is 1. The average Bonchev–Trinajstić information content (AvgIpc) is 3.14. The molecule has 134 valence electrons. The van der Waals surface area contributed by atoms with E-state index in [1.54, 1.807) is 11.3 Å². The molecular weight excluding hydrogens is 362 g/mol. The van der Waals surface area contributed by atoms with Crippen LogP contribution in [0.15, 0.2) is 40.6 Å². The molecule has 0 amide bonds. The number of nitrogens with zero attached hydrogens (tertiary/aromatic N) is 2. The summed E-state index contributed by atoms with van der Waals surface area (Å²) in [6, 6.07) is 7.90. The molecule has 2 aromatic rings. The molecule has 0 bridgehead atoms. The van der Waals surface area contributed by atoms with Crippen molar-refractivity contribution in [3.63, 3.8) is 0 Å². The van der Waals surface area contributed by atoms with Gasteiger partial charge in [-0.3, -0.25) is 10.1 Å². The van der Waals surface area contributed by atoms with E-state index in [1.807, 2.05) is 17.5 Å². The van der Waals surface area contributed by atoms with Gasteiger partial charge in [0, 0.05) is 30.6 Å². The van der Waals surface area contributed by atoms with Crippen molar-refractivity contribution < 1.29 is 13.3 Å². The Morgan fingerprint density at radius 1 is 1.20 bits per heavy atom. The zero-order valence-corrected chi connectivity index (χ0v) is 15.2. The molecule has 25 heavy (non-hydrogen) atoms. The lowest BCUT2D eigenvalue weighted by molar-refractivity contribution is -0.384. The predicted molar refractivity (Wildman–Crippen MR) is 97.4 cm³/mol. The van der Waals surface area contributed by atoms with Gasteiger partial charge in [0.05, 0.1) is 9.82 Å². The van der Waals surface area contributed by atoms with Crippen molar-refractivity contribution in [1.29, 1.82) is 0 Å². The number of benzene rings is 1. The minimum Gasteiger partial charge on any atom is -0.375 e. The zero-order valence-electron chi connectivity index (χ0n) is 13.6.